The smallest absolute Gasteiger partial charge is 0.248 e. The van der Waals surface area contributed by atoms with Crippen LogP contribution in [0.2, 0.25) is 0 Å². The Hall–Kier alpha value is -1.54. The van der Waals surface area contributed by atoms with Gasteiger partial charge >= 0.3 is 0 Å². The largest absolute Gasteiger partial charge is 0.378 e. The predicted molar refractivity (Wildman–Crippen MR) is 101 cm³/mol. The molecule has 2 aliphatic heterocycles. The van der Waals surface area contributed by atoms with Crippen LogP contribution >= 0.6 is 0 Å². The van der Waals surface area contributed by atoms with Crippen molar-refractivity contribution in [1.82, 2.24) is 15.3 Å². The van der Waals surface area contributed by atoms with E-state index in [0.717, 1.165) is 63.9 Å². The lowest BCUT2D eigenvalue weighted by molar-refractivity contribution is -0.118. The van der Waals surface area contributed by atoms with Gasteiger partial charge in [-0.1, -0.05) is 0 Å². The van der Waals surface area contributed by atoms with Crippen LogP contribution in [0.5, 0.6) is 0 Å². The van der Waals surface area contributed by atoms with Crippen molar-refractivity contribution in [3.63, 3.8) is 0 Å². The highest BCUT2D eigenvalue weighted by molar-refractivity contribution is 5.50. The van der Waals surface area contributed by atoms with Crippen molar-refractivity contribution in [2.75, 3.05) is 49.2 Å². The minimum absolute atomic E-state index is 0.0203. The van der Waals surface area contributed by atoms with Crippen LogP contribution in [0.4, 0.5) is 20.4 Å². The molecule has 6 nitrogen and oxygen atoms in total. The lowest BCUT2D eigenvalue weighted by atomic mass is 9.76. The molecule has 2 saturated heterocycles. The summed E-state index contributed by atoms with van der Waals surface area (Å²) in [6.07, 6.45) is 3.82. The Morgan fingerprint density at radius 2 is 1.85 bits per heavy atom. The Kier molecular flexibility index (Phi) is 5.45. The molecule has 0 radical (unpaired) electrons. The van der Waals surface area contributed by atoms with Crippen molar-refractivity contribution in [2.24, 2.45) is 5.92 Å². The Labute approximate surface area is 159 Å². The summed E-state index contributed by atoms with van der Waals surface area (Å²) in [6, 6.07) is 2.50. The number of alkyl halides is 2. The number of anilines is 2. The van der Waals surface area contributed by atoms with E-state index in [4.69, 9.17) is 4.74 Å². The van der Waals surface area contributed by atoms with Gasteiger partial charge in [0.05, 0.1) is 13.2 Å². The molecule has 2 atom stereocenters. The number of hydrogen-bond donors (Lipinski definition) is 1. The van der Waals surface area contributed by atoms with E-state index in [2.05, 4.69) is 31.2 Å². The van der Waals surface area contributed by atoms with Crippen molar-refractivity contribution in [3.8, 4) is 0 Å². The Bertz CT molecular complexity index is 632. The molecule has 3 heterocycles. The lowest BCUT2D eigenvalue weighted by Gasteiger charge is -2.42. The highest BCUT2D eigenvalue weighted by Crippen LogP contribution is 2.44. The molecule has 27 heavy (non-hydrogen) atoms. The summed E-state index contributed by atoms with van der Waals surface area (Å²) < 4.78 is 31.7. The van der Waals surface area contributed by atoms with E-state index in [1.165, 1.54) is 0 Å². The van der Waals surface area contributed by atoms with Gasteiger partial charge in [0.25, 0.3) is 0 Å². The molecule has 1 saturated carbocycles. The van der Waals surface area contributed by atoms with Crippen molar-refractivity contribution >= 4 is 11.6 Å². The topological polar surface area (TPSA) is 53.5 Å². The zero-order valence-electron chi connectivity index (χ0n) is 15.9. The molecular formula is C19H29F2N5O. The van der Waals surface area contributed by atoms with E-state index in [-0.39, 0.29) is 24.8 Å². The molecule has 0 aromatic carbocycles. The third-order valence-corrected chi connectivity index (χ3v) is 6.05. The van der Waals surface area contributed by atoms with Gasteiger partial charge in [-0.25, -0.2) is 18.7 Å². The maximum absolute atomic E-state index is 13.1. The van der Waals surface area contributed by atoms with E-state index in [1.54, 1.807) is 6.33 Å². The Morgan fingerprint density at radius 3 is 2.56 bits per heavy atom. The molecule has 3 aliphatic rings. The van der Waals surface area contributed by atoms with Crippen molar-refractivity contribution in [3.05, 3.63) is 12.4 Å². The van der Waals surface area contributed by atoms with E-state index >= 15 is 0 Å². The zero-order valence-corrected chi connectivity index (χ0v) is 15.9. The van der Waals surface area contributed by atoms with Gasteiger partial charge in [-0.05, 0) is 25.7 Å². The molecule has 0 amide bonds. The first-order chi connectivity index (χ1) is 13.0. The molecule has 2 unspecified atom stereocenters. The molecule has 1 aromatic heterocycles. The first-order valence-corrected chi connectivity index (χ1v) is 10.0. The van der Waals surface area contributed by atoms with Gasteiger partial charge in [0.15, 0.2) is 0 Å². The average molecular weight is 381 g/mol. The van der Waals surface area contributed by atoms with Gasteiger partial charge in [0.1, 0.15) is 18.0 Å². The first-order valence-electron chi connectivity index (χ1n) is 10.0. The van der Waals surface area contributed by atoms with Crippen molar-refractivity contribution in [1.29, 1.82) is 0 Å². The number of nitrogens with zero attached hydrogens (tertiary/aromatic N) is 4. The number of ether oxygens (including phenoxy) is 1. The van der Waals surface area contributed by atoms with Gasteiger partial charge < -0.3 is 19.9 Å². The average Bonchev–Trinajstić information content (AvgIpc) is 2.67. The third kappa shape index (κ3) is 4.48. The highest BCUT2D eigenvalue weighted by atomic mass is 19.3. The Morgan fingerprint density at radius 1 is 1.15 bits per heavy atom. The SMILES string of the molecule is CC(NC1CCCN(c2cc(N3CCOCC3)ncn2)C1)C1CC(F)(F)C1. The number of hydrogen-bond acceptors (Lipinski definition) is 6. The quantitative estimate of drug-likeness (QED) is 0.845. The number of halogens is 2. The standard InChI is InChI=1S/C19H29F2N5O/c1-14(15-10-19(20,21)11-15)24-16-3-2-4-26(12-16)18-9-17(22-13-23-18)25-5-7-27-8-6-25/h9,13-16,24H,2-8,10-12H2,1H3. The van der Waals surface area contributed by atoms with Crippen molar-refractivity contribution < 1.29 is 13.5 Å². The van der Waals surface area contributed by atoms with Gasteiger partial charge in [0, 0.05) is 57.2 Å². The number of piperidine rings is 1. The summed E-state index contributed by atoms with van der Waals surface area (Å²) in [5, 5.41) is 3.59. The van der Waals surface area contributed by atoms with Crippen LogP contribution in [0.25, 0.3) is 0 Å². The molecule has 150 valence electrons. The van der Waals surface area contributed by atoms with E-state index in [0.29, 0.717) is 6.04 Å². The third-order valence-electron chi connectivity index (χ3n) is 6.05. The van der Waals surface area contributed by atoms with Gasteiger partial charge in [0.2, 0.25) is 5.92 Å². The van der Waals surface area contributed by atoms with Crippen LogP contribution < -0.4 is 15.1 Å². The lowest BCUT2D eigenvalue weighted by Crippen LogP contribution is -2.53. The predicted octanol–water partition coefficient (Wildman–Crippen LogP) is 2.31. The molecule has 4 rings (SSSR count). The maximum atomic E-state index is 13.1. The summed E-state index contributed by atoms with van der Waals surface area (Å²) >= 11 is 0. The molecule has 3 fully saturated rings. The minimum Gasteiger partial charge on any atom is -0.378 e. The summed E-state index contributed by atoms with van der Waals surface area (Å²) in [7, 11) is 0. The number of rotatable bonds is 5. The monoisotopic (exact) mass is 381 g/mol. The molecule has 8 heteroatoms. The van der Waals surface area contributed by atoms with E-state index in [1.807, 2.05) is 6.92 Å². The van der Waals surface area contributed by atoms with E-state index < -0.39 is 5.92 Å². The van der Waals surface area contributed by atoms with Crippen LogP contribution in [0.15, 0.2) is 12.4 Å². The molecule has 0 bridgehead atoms. The summed E-state index contributed by atoms with van der Waals surface area (Å²) in [5.41, 5.74) is 0. The van der Waals surface area contributed by atoms with Crippen molar-refractivity contribution in [2.45, 2.75) is 50.6 Å². The molecule has 0 spiro atoms. The van der Waals surface area contributed by atoms with Gasteiger partial charge in [-0.2, -0.15) is 0 Å². The molecule has 1 aromatic rings. The zero-order chi connectivity index (χ0) is 18.9. The minimum atomic E-state index is -2.45. The van der Waals surface area contributed by atoms with E-state index in [9.17, 15) is 8.78 Å². The van der Waals surface area contributed by atoms with Crippen LogP contribution in [0, 0.1) is 5.92 Å². The second-order valence-corrected chi connectivity index (χ2v) is 8.10. The van der Waals surface area contributed by atoms with Crippen LogP contribution in [0.3, 0.4) is 0 Å². The molecule has 1 N–H and O–H groups in total. The Balaban J connectivity index is 1.35. The molecule has 1 aliphatic carbocycles. The van der Waals surface area contributed by atoms with Gasteiger partial charge in [-0.15, -0.1) is 0 Å². The number of nitrogens with one attached hydrogen (secondary N) is 1. The number of aromatic nitrogens is 2. The number of morpholine rings is 1. The van der Waals surface area contributed by atoms with Crippen LogP contribution in [-0.4, -0.2) is 67.4 Å². The van der Waals surface area contributed by atoms with Gasteiger partial charge in [-0.3, -0.25) is 0 Å². The summed E-state index contributed by atoms with van der Waals surface area (Å²) in [6.45, 7) is 7.02. The van der Waals surface area contributed by atoms with Crippen LogP contribution in [0.1, 0.15) is 32.6 Å². The second kappa shape index (κ2) is 7.83. The fraction of sp³-hybridized carbons (Fsp3) is 0.789. The van der Waals surface area contributed by atoms with Crippen LogP contribution in [-0.2, 0) is 4.74 Å². The fourth-order valence-electron chi connectivity index (χ4n) is 4.37. The maximum Gasteiger partial charge on any atom is 0.248 e. The highest BCUT2D eigenvalue weighted by Gasteiger charge is 2.47. The summed E-state index contributed by atoms with van der Waals surface area (Å²) in [5.74, 6) is -0.470. The second-order valence-electron chi connectivity index (χ2n) is 8.10. The normalized spacial score (nSPS) is 27.3. The first kappa shape index (κ1) is 18.8. The fourth-order valence-corrected chi connectivity index (χ4v) is 4.37. The summed E-state index contributed by atoms with van der Waals surface area (Å²) in [4.78, 5) is 13.4. The molecular weight excluding hydrogens is 352 g/mol.